The number of carbonyl (C=O) groups is 1. The Hall–Kier alpha value is -2.40. The van der Waals surface area contributed by atoms with Crippen molar-refractivity contribution in [2.75, 3.05) is 5.75 Å². The number of nitrogens with one attached hydrogen (secondary N) is 1. The predicted molar refractivity (Wildman–Crippen MR) is 104 cm³/mol. The standard InChI is InChI=1S/C20H21N3OS/c1-3-14(2)21-18(24)13-25-20-17-12-8-7-11-16(17)19(22-23-20)15-9-5-4-6-10-15/h4-12,14H,3,13H2,1-2H3,(H,21,24)/t14-/m1/s1. The van der Waals surface area contributed by atoms with Crippen LogP contribution in [0.2, 0.25) is 0 Å². The van der Waals surface area contributed by atoms with Gasteiger partial charge in [-0.2, -0.15) is 0 Å². The largest absolute Gasteiger partial charge is 0.353 e. The molecule has 1 atom stereocenters. The zero-order chi connectivity index (χ0) is 17.6. The highest BCUT2D eigenvalue weighted by molar-refractivity contribution is 8.00. The van der Waals surface area contributed by atoms with Crippen molar-refractivity contribution in [2.24, 2.45) is 0 Å². The van der Waals surface area contributed by atoms with Crippen molar-refractivity contribution in [3.8, 4) is 11.3 Å². The highest BCUT2D eigenvalue weighted by Crippen LogP contribution is 2.31. The number of benzene rings is 2. The summed E-state index contributed by atoms with van der Waals surface area (Å²) in [4.78, 5) is 12.0. The molecular formula is C20H21N3OS. The minimum atomic E-state index is 0.0253. The smallest absolute Gasteiger partial charge is 0.230 e. The molecule has 1 N–H and O–H groups in total. The number of aromatic nitrogens is 2. The molecule has 0 unspecified atom stereocenters. The summed E-state index contributed by atoms with van der Waals surface area (Å²) >= 11 is 1.43. The van der Waals surface area contributed by atoms with E-state index < -0.39 is 0 Å². The van der Waals surface area contributed by atoms with Gasteiger partial charge in [-0.1, -0.05) is 73.3 Å². The number of nitrogens with zero attached hydrogens (tertiary/aromatic N) is 2. The monoisotopic (exact) mass is 351 g/mol. The normalized spacial score (nSPS) is 12.1. The number of rotatable bonds is 6. The lowest BCUT2D eigenvalue weighted by atomic mass is 10.1. The first kappa shape index (κ1) is 17.4. The molecule has 0 spiro atoms. The third-order valence-electron chi connectivity index (χ3n) is 4.06. The van der Waals surface area contributed by atoms with Crippen molar-refractivity contribution < 1.29 is 4.79 Å². The summed E-state index contributed by atoms with van der Waals surface area (Å²) < 4.78 is 0. The second kappa shape index (κ2) is 8.12. The number of hydrogen-bond donors (Lipinski definition) is 1. The fraction of sp³-hybridized carbons (Fsp3) is 0.250. The molecule has 3 rings (SSSR count). The molecule has 3 aromatic rings. The van der Waals surface area contributed by atoms with Gasteiger partial charge in [-0.05, 0) is 13.3 Å². The van der Waals surface area contributed by atoms with E-state index in [0.29, 0.717) is 5.75 Å². The van der Waals surface area contributed by atoms with Crippen molar-refractivity contribution >= 4 is 28.4 Å². The molecule has 0 aliphatic carbocycles. The van der Waals surface area contributed by atoms with Crippen molar-refractivity contribution in [1.29, 1.82) is 0 Å². The van der Waals surface area contributed by atoms with E-state index in [0.717, 1.165) is 33.5 Å². The maximum absolute atomic E-state index is 12.0. The Morgan fingerprint density at radius 2 is 1.72 bits per heavy atom. The topological polar surface area (TPSA) is 54.9 Å². The fourth-order valence-electron chi connectivity index (χ4n) is 2.55. The van der Waals surface area contributed by atoms with E-state index in [1.807, 2.05) is 55.5 Å². The summed E-state index contributed by atoms with van der Waals surface area (Å²) in [6, 6.07) is 18.3. The Labute approximate surface area is 152 Å². The lowest BCUT2D eigenvalue weighted by Gasteiger charge is -2.12. The summed E-state index contributed by atoms with van der Waals surface area (Å²) in [6.45, 7) is 4.06. The summed E-state index contributed by atoms with van der Waals surface area (Å²) in [6.07, 6.45) is 0.922. The first-order valence-corrected chi connectivity index (χ1v) is 9.40. The molecule has 1 heterocycles. The minimum Gasteiger partial charge on any atom is -0.353 e. The van der Waals surface area contributed by atoms with Gasteiger partial charge < -0.3 is 5.32 Å². The maximum atomic E-state index is 12.0. The Bertz CT molecular complexity index is 867. The lowest BCUT2D eigenvalue weighted by molar-refractivity contribution is -0.119. The summed E-state index contributed by atoms with van der Waals surface area (Å²) in [5.41, 5.74) is 1.90. The molecule has 4 nitrogen and oxygen atoms in total. The molecule has 2 aromatic carbocycles. The highest BCUT2D eigenvalue weighted by atomic mass is 32.2. The maximum Gasteiger partial charge on any atom is 0.230 e. The third-order valence-corrected chi connectivity index (χ3v) is 5.04. The Morgan fingerprint density at radius 1 is 1.04 bits per heavy atom. The Balaban J connectivity index is 1.87. The van der Waals surface area contributed by atoms with E-state index in [4.69, 9.17) is 0 Å². The number of carbonyl (C=O) groups excluding carboxylic acids is 1. The van der Waals surface area contributed by atoms with Crippen LogP contribution in [-0.4, -0.2) is 27.9 Å². The van der Waals surface area contributed by atoms with E-state index in [-0.39, 0.29) is 11.9 Å². The average Bonchev–Trinajstić information content (AvgIpc) is 2.66. The van der Waals surface area contributed by atoms with Crippen molar-refractivity contribution in [3.05, 3.63) is 54.6 Å². The van der Waals surface area contributed by atoms with Gasteiger partial charge >= 0.3 is 0 Å². The Morgan fingerprint density at radius 3 is 2.44 bits per heavy atom. The van der Waals surface area contributed by atoms with Crippen molar-refractivity contribution in [2.45, 2.75) is 31.3 Å². The summed E-state index contributed by atoms with van der Waals surface area (Å²) in [5, 5.41) is 14.7. The molecule has 0 radical (unpaired) electrons. The van der Waals surface area contributed by atoms with Crippen LogP contribution >= 0.6 is 11.8 Å². The number of amides is 1. The quantitative estimate of drug-likeness (QED) is 0.673. The molecule has 0 saturated carbocycles. The zero-order valence-electron chi connectivity index (χ0n) is 14.4. The predicted octanol–water partition coefficient (Wildman–Crippen LogP) is 4.30. The van der Waals surface area contributed by atoms with Gasteiger partial charge in [0.1, 0.15) is 10.7 Å². The molecule has 25 heavy (non-hydrogen) atoms. The number of hydrogen-bond acceptors (Lipinski definition) is 4. The number of thioether (sulfide) groups is 1. The van der Waals surface area contributed by atoms with Crippen LogP contribution in [0.4, 0.5) is 0 Å². The molecule has 0 bridgehead atoms. The van der Waals surface area contributed by atoms with E-state index in [1.54, 1.807) is 0 Å². The van der Waals surface area contributed by atoms with Crippen molar-refractivity contribution in [3.63, 3.8) is 0 Å². The SMILES string of the molecule is CC[C@@H](C)NC(=O)CSc1nnc(-c2ccccc2)c2ccccc12. The summed E-state index contributed by atoms with van der Waals surface area (Å²) in [7, 11) is 0. The molecule has 0 fully saturated rings. The molecule has 0 aliphatic rings. The molecule has 128 valence electrons. The molecule has 0 aliphatic heterocycles. The van der Waals surface area contributed by atoms with Crippen LogP contribution < -0.4 is 5.32 Å². The van der Waals surface area contributed by atoms with Crippen LogP contribution in [0, 0.1) is 0 Å². The van der Waals surface area contributed by atoms with E-state index in [1.165, 1.54) is 11.8 Å². The highest BCUT2D eigenvalue weighted by Gasteiger charge is 2.13. The molecule has 1 amide bonds. The van der Waals surface area contributed by atoms with Crippen LogP contribution in [-0.2, 0) is 4.79 Å². The molecule has 0 saturated heterocycles. The minimum absolute atomic E-state index is 0.0253. The fourth-order valence-corrected chi connectivity index (χ4v) is 3.33. The average molecular weight is 351 g/mol. The van der Waals surface area contributed by atoms with Crippen molar-refractivity contribution in [1.82, 2.24) is 15.5 Å². The number of fused-ring (bicyclic) bond motifs is 1. The Kier molecular flexibility index (Phi) is 5.66. The molecule has 1 aromatic heterocycles. The molecule has 5 heteroatoms. The first-order chi connectivity index (χ1) is 12.2. The van der Waals surface area contributed by atoms with Gasteiger partial charge in [0.25, 0.3) is 0 Å². The van der Waals surface area contributed by atoms with Gasteiger partial charge in [0.15, 0.2) is 0 Å². The van der Waals surface area contributed by atoms with Crippen LogP contribution in [0.5, 0.6) is 0 Å². The van der Waals surface area contributed by atoms with Crippen LogP contribution in [0.15, 0.2) is 59.6 Å². The zero-order valence-corrected chi connectivity index (χ0v) is 15.2. The van der Waals surface area contributed by atoms with E-state index in [9.17, 15) is 4.79 Å². The van der Waals surface area contributed by atoms with Gasteiger partial charge in [0, 0.05) is 22.4 Å². The first-order valence-electron chi connectivity index (χ1n) is 8.42. The van der Waals surface area contributed by atoms with E-state index >= 15 is 0 Å². The van der Waals surface area contributed by atoms with Gasteiger partial charge in [-0.25, -0.2) is 0 Å². The third kappa shape index (κ3) is 4.17. The van der Waals surface area contributed by atoms with Crippen LogP contribution in [0.1, 0.15) is 20.3 Å². The summed E-state index contributed by atoms with van der Waals surface area (Å²) in [5.74, 6) is 0.366. The van der Waals surface area contributed by atoms with Gasteiger partial charge in [-0.15, -0.1) is 10.2 Å². The van der Waals surface area contributed by atoms with Gasteiger partial charge in [-0.3, -0.25) is 4.79 Å². The van der Waals surface area contributed by atoms with Gasteiger partial charge in [0.2, 0.25) is 5.91 Å². The molecular weight excluding hydrogens is 330 g/mol. The second-order valence-electron chi connectivity index (χ2n) is 5.93. The van der Waals surface area contributed by atoms with Crippen LogP contribution in [0.25, 0.3) is 22.0 Å². The van der Waals surface area contributed by atoms with Crippen LogP contribution in [0.3, 0.4) is 0 Å². The van der Waals surface area contributed by atoms with E-state index in [2.05, 4.69) is 28.5 Å². The lowest BCUT2D eigenvalue weighted by Crippen LogP contribution is -2.33. The second-order valence-corrected chi connectivity index (χ2v) is 6.89. The van der Waals surface area contributed by atoms with Gasteiger partial charge in [0.05, 0.1) is 5.75 Å².